The Balaban J connectivity index is 1.64. The fourth-order valence-corrected chi connectivity index (χ4v) is 4.08. The lowest BCUT2D eigenvalue weighted by Crippen LogP contribution is -1.97. The second-order valence-corrected chi connectivity index (χ2v) is 6.71. The van der Waals surface area contributed by atoms with Gasteiger partial charge in [0.1, 0.15) is 0 Å². The zero-order valence-corrected chi connectivity index (χ0v) is 13.5. The lowest BCUT2D eigenvalue weighted by molar-refractivity contribution is 0.748. The van der Waals surface area contributed by atoms with Gasteiger partial charge in [-0.05, 0) is 12.1 Å². The number of allylic oxidation sites excluding steroid dienone is 1. The summed E-state index contributed by atoms with van der Waals surface area (Å²) in [5.74, 6) is 0.814. The van der Waals surface area contributed by atoms with Gasteiger partial charge in [0.25, 0.3) is 0 Å². The van der Waals surface area contributed by atoms with Gasteiger partial charge in [-0.1, -0.05) is 30.0 Å². The summed E-state index contributed by atoms with van der Waals surface area (Å²) < 4.78 is 4.26. The van der Waals surface area contributed by atoms with E-state index in [-0.39, 0.29) is 0 Å². The summed E-state index contributed by atoms with van der Waals surface area (Å²) in [7, 11) is 0. The van der Waals surface area contributed by atoms with Gasteiger partial charge in [0, 0.05) is 30.1 Å². The van der Waals surface area contributed by atoms with Crippen LogP contribution in [0.3, 0.4) is 0 Å². The first kappa shape index (κ1) is 13.6. The summed E-state index contributed by atoms with van der Waals surface area (Å²) in [5, 5.41) is 3.06. The quantitative estimate of drug-likeness (QED) is 0.407. The van der Waals surface area contributed by atoms with Gasteiger partial charge in [-0.3, -0.25) is 4.40 Å². The van der Waals surface area contributed by atoms with Crippen LogP contribution in [0.1, 0.15) is 5.69 Å². The van der Waals surface area contributed by atoms with Gasteiger partial charge in [-0.15, -0.1) is 17.9 Å². The van der Waals surface area contributed by atoms with Crippen LogP contribution in [0.5, 0.6) is 0 Å². The zero-order chi connectivity index (χ0) is 14.9. The second-order valence-electron chi connectivity index (χ2n) is 4.90. The van der Waals surface area contributed by atoms with Crippen molar-refractivity contribution in [1.82, 2.24) is 18.9 Å². The molecule has 0 unspecified atom stereocenters. The average molecular weight is 326 g/mol. The van der Waals surface area contributed by atoms with E-state index in [2.05, 4.69) is 32.8 Å². The van der Waals surface area contributed by atoms with Crippen molar-refractivity contribution in [3.63, 3.8) is 0 Å². The van der Waals surface area contributed by atoms with Crippen LogP contribution in [-0.2, 0) is 12.3 Å². The van der Waals surface area contributed by atoms with E-state index in [4.69, 9.17) is 4.98 Å². The molecule has 4 rings (SSSR count). The van der Waals surface area contributed by atoms with Gasteiger partial charge in [0.2, 0.25) is 0 Å². The Morgan fingerprint density at radius 2 is 2.18 bits per heavy atom. The normalized spacial score (nSPS) is 11.5. The molecule has 3 aromatic heterocycles. The third-order valence-corrected chi connectivity index (χ3v) is 5.20. The van der Waals surface area contributed by atoms with E-state index in [1.807, 2.05) is 35.9 Å². The third kappa shape index (κ3) is 2.34. The Morgan fingerprint density at radius 3 is 3.05 bits per heavy atom. The second kappa shape index (κ2) is 5.62. The van der Waals surface area contributed by atoms with Gasteiger partial charge in [-0.25, -0.2) is 9.97 Å². The number of thioether (sulfide) groups is 1. The lowest BCUT2D eigenvalue weighted by atomic mass is 10.3. The van der Waals surface area contributed by atoms with Crippen molar-refractivity contribution in [2.24, 2.45) is 0 Å². The van der Waals surface area contributed by atoms with E-state index in [0.717, 1.165) is 39.1 Å². The van der Waals surface area contributed by atoms with Crippen LogP contribution in [0.15, 0.2) is 59.9 Å². The monoisotopic (exact) mass is 326 g/mol. The van der Waals surface area contributed by atoms with E-state index >= 15 is 0 Å². The molecule has 3 heterocycles. The SMILES string of the molecule is C=CCn1c(SCc2cn3ccsc3n2)nc2ccccc21. The maximum absolute atomic E-state index is 4.73. The predicted octanol–water partition coefficient (Wildman–Crippen LogP) is 4.22. The molecule has 0 fully saturated rings. The molecular formula is C16H14N4S2. The van der Waals surface area contributed by atoms with Crippen molar-refractivity contribution in [1.29, 1.82) is 0 Å². The number of imidazole rings is 2. The fourth-order valence-electron chi connectivity index (χ4n) is 2.45. The van der Waals surface area contributed by atoms with Gasteiger partial charge in [0.15, 0.2) is 10.1 Å². The van der Waals surface area contributed by atoms with Crippen molar-refractivity contribution >= 4 is 39.1 Å². The molecule has 0 amide bonds. The first-order valence-electron chi connectivity index (χ1n) is 6.95. The van der Waals surface area contributed by atoms with E-state index < -0.39 is 0 Å². The number of hydrogen-bond donors (Lipinski definition) is 0. The summed E-state index contributed by atoms with van der Waals surface area (Å²) >= 11 is 3.37. The van der Waals surface area contributed by atoms with Crippen LogP contribution in [0.4, 0.5) is 0 Å². The molecule has 6 heteroatoms. The van der Waals surface area contributed by atoms with Crippen LogP contribution in [-0.4, -0.2) is 18.9 Å². The van der Waals surface area contributed by atoms with Crippen molar-refractivity contribution in [3.05, 3.63) is 60.4 Å². The van der Waals surface area contributed by atoms with Crippen LogP contribution in [0.2, 0.25) is 0 Å². The molecule has 22 heavy (non-hydrogen) atoms. The Kier molecular flexibility index (Phi) is 3.48. The number of nitrogens with zero attached hydrogens (tertiary/aromatic N) is 4. The maximum Gasteiger partial charge on any atom is 0.193 e. The molecular weight excluding hydrogens is 312 g/mol. The Labute approximate surface area is 136 Å². The van der Waals surface area contributed by atoms with Crippen LogP contribution in [0, 0.1) is 0 Å². The predicted molar refractivity (Wildman–Crippen MR) is 92.6 cm³/mol. The molecule has 0 spiro atoms. The van der Waals surface area contributed by atoms with Crippen LogP contribution in [0.25, 0.3) is 16.0 Å². The van der Waals surface area contributed by atoms with Crippen molar-refractivity contribution < 1.29 is 0 Å². The van der Waals surface area contributed by atoms with Gasteiger partial charge in [0.05, 0.1) is 16.7 Å². The molecule has 1 aromatic carbocycles. The summed E-state index contributed by atoms with van der Waals surface area (Å²) in [5.41, 5.74) is 3.25. The Hall–Kier alpha value is -2.05. The van der Waals surface area contributed by atoms with Crippen molar-refractivity contribution in [2.45, 2.75) is 17.5 Å². The van der Waals surface area contributed by atoms with Crippen molar-refractivity contribution in [2.75, 3.05) is 0 Å². The Morgan fingerprint density at radius 1 is 1.27 bits per heavy atom. The third-order valence-electron chi connectivity index (χ3n) is 3.42. The number of hydrogen-bond acceptors (Lipinski definition) is 4. The largest absolute Gasteiger partial charge is 0.315 e. The molecule has 0 atom stereocenters. The van der Waals surface area contributed by atoms with E-state index in [0.29, 0.717) is 0 Å². The van der Waals surface area contributed by atoms with E-state index in [1.165, 1.54) is 0 Å². The number of benzene rings is 1. The van der Waals surface area contributed by atoms with Crippen molar-refractivity contribution in [3.8, 4) is 0 Å². The molecule has 0 aliphatic carbocycles. The minimum Gasteiger partial charge on any atom is -0.315 e. The molecule has 0 saturated heterocycles. The number of aromatic nitrogens is 4. The Bertz CT molecular complexity index is 919. The highest BCUT2D eigenvalue weighted by molar-refractivity contribution is 7.98. The van der Waals surface area contributed by atoms with E-state index in [9.17, 15) is 0 Å². The molecule has 110 valence electrons. The number of rotatable bonds is 5. The number of fused-ring (bicyclic) bond motifs is 2. The van der Waals surface area contributed by atoms with Gasteiger partial charge >= 0.3 is 0 Å². The summed E-state index contributed by atoms with van der Waals surface area (Å²) in [6.45, 7) is 4.62. The molecule has 0 saturated carbocycles. The number of thiazole rings is 1. The average Bonchev–Trinajstić information content (AvgIpc) is 3.19. The molecule has 0 aliphatic rings. The van der Waals surface area contributed by atoms with Gasteiger partial charge < -0.3 is 4.57 Å². The molecule has 0 radical (unpaired) electrons. The molecule has 0 N–H and O–H groups in total. The van der Waals surface area contributed by atoms with E-state index in [1.54, 1.807) is 23.1 Å². The highest BCUT2D eigenvalue weighted by atomic mass is 32.2. The molecule has 0 aliphatic heterocycles. The highest BCUT2D eigenvalue weighted by Crippen LogP contribution is 2.27. The molecule has 0 bridgehead atoms. The van der Waals surface area contributed by atoms with Crippen LogP contribution >= 0.6 is 23.1 Å². The lowest BCUT2D eigenvalue weighted by Gasteiger charge is -2.04. The summed E-state index contributed by atoms with van der Waals surface area (Å²) in [4.78, 5) is 10.4. The fraction of sp³-hybridized carbons (Fsp3) is 0.125. The highest BCUT2D eigenvalue weighted by Gasteiger charge is 2.11. The summed E-state index contributed by atoms with van der Waals surface area (Å²) in [6.07, 6.45) is 6.03. The van der Waals surface area contributed by atoms with Gasteiger partial charge in [-0.2, -0.15) is 0 Å². The number of para-hydroxylation sites is 2. The first-order chi connectivity index (χ1) is 10.8. The topological polar surface area (TPSA) is 35.1 Å². The minimum atomic E-state index is 0.765. The smallest absolute Gasteiger partial charge is 0.193 e. The van der Waals surface area contributed by atoms with Crippen LogP contribution < -0.4 is 0 Å². The zero-order valence-electron chi connectivity index (χ0n) is 11.8. The minimum absolute atomic E-state index is 0.765. The molecule has 4 aromatic rings. The standard InChI is InChI=1S/C16H14N4S2/c1-2-7-20-14-6-4-3-5-13(14)18-16(20)22-11-12-10-19-8-9-21-15(19)17-12/h2-6,8-10H,1,7,11H2. The summed E-state index contributed by atoms with van der Waals surface area (Å²) in [6, 6.07) is 8.21. The maximum atomic E-state index is 4.73. The first-order valence-corrected chi connectivity index (χ1v) is 8.82. The molecule has 4 nitrogen and oxygen atoms in total.